The van der Waals surface area contributed by atoms with Crippen LogP contribution in [-0.2, 0) is 6.61 Å². The van der Waals surface area contributed by atoms with E-state index in [0.717, 1.165) is 31.2 Å². The number of hydrazone groups is 1. The highest BCUT2D eigenvalue weighted by atomic mass is 127. The van der Waals surface area contributed by atoms with Gasteiger partial charge in [0.25, 0.3) is 5.91 Å². The lowest BCUT2D eigenvalue weighted by Crippen LogP contribution is -2.18. The fourth-order valence-corrected chi connectivity index (χ4v) is 4.30. The number of carbonyl (C=O) groups excluding carboxylic acids is 1. The van der Waals surface area contributed by atoms with Crippen LogP contribution in [0.5, 0.6) is 11.5 Å². The molecule has 0 saturated heterocycles. The number of ether oxygens (including phenoxy) is 2. The van der Waals surface area contributed by atoms with Crippen molar-refractivity contribution < 1.29 is 14.3 Å². The molecule has 0 bridgehead atoms. The Morgan fingerprint density at radius 1 is 0.939 bits per heavy atom. The second kappa shape index (κ2) is 11.0. The van der Waals surface area contributed by atoms with Crippen LogP contribution >= 0.6 is 45.2 Å². The van der Waals surface area contributed by atoms with Gasteiger partial charge in [-0.15, -0.1) is 0 Å². The number of halogens is 2. The van der Waals surface area contributed by atoms with E-state index in [1.807, 2.05) is 54.6 Å². The minimum absolute atomic E-state index is 0.332. The molecule has 0 spiro atoms. The standard InChI is InChI=1S/C26H20I2N2O3/c1-32-25-14-20-5-3-2-4-19(20)13-22(25)26(31)30-29-15-18-8-11-24(23(28)12-18)33-16-17-6-9-21(27)10-7-17/h2-15H,16H2,1H3,(H,30,31)/b29-15-. The Bertz CT molecular complexity index is 1320. The molecule has 0 saturated carbocycles. The lowest BCUT2D eigenvalue weighted by Gasteiger charge is -2.10. The third kappa shape index (κ3) is 6.02. The first-order valence-electron chi connectivity index (χ1n) is 10.1. The number of benzene rings is 4. The Balaban J connectivity index is 1.41. The molecule has 0 unspecified atom stereocenters. The first-order chi connectivity index (χ1) is 16.0. The fourth-order valence-electron chi connectivity index (χ4n) is 3.25. The number of rotatable bonds is 7. The maximum Gasteiger partial charge on any atom is 0.275 e. The topological polar surface area (TPSA) is 59.9 Å². The van der Waals surface area contributed by atoms with E-state index >= 15 is 0 Å². The summed E-state index contributed by atoms with van der Waals surface area (Å²) in [7, 11) is 1.55. The summed E-state index contributed by atoms with van der Waals surface area (Å²) in [6.45, 7) is 0.504. The predicted molar refractivity (Wildman–Crippen MR) is 148 cm³/mol. The summed E-state index contributed by atoms with van der Waals surface area (Å²) in [4.78, 5) is 12.7. The van der Waals surface area contributed by atoms with E-state index in [1.165, 1.54) is 3.57 Å². The van der Waals surface area contributed by atoms with Gasteiger partial charge in [0.2, 0.25) is 0 Å². The fraction of sp³-hybridized carbons (Fsp3) is 0.0769. The molecule has 4 aromatic carbocycles. The van der Waals surface area contributed by atoms with E-state index in [0.29, 0.717) is 17.9 Å². The van der Waals surface area contributed by atoms with Crippen molar-refractivity contribution in [1.82, 2.24) is 5.43 Å². The van der Waals surface area contributed by atoms with Crippen molar-refractivity contribution in [2.75, 3.05) is 7.11 Å². The molecule has 0 aliphatic rings. The van der Waals surface area contributed by atoms with Crippen LogP contribution in [0, 0.1) is 7.14 Å². The maximum absolute atomic E-state index is 12.7. The highest BCUT2D eigenvalue weighted by molar-refractivity contribution is 14.1. The minimum atomic E-state index is -0.332. The molecule has 166 valence electrons. The van der Waals surface area contributed by atoms with Gasteiger partial charge in [-0.2, -0.15) is 5.10 Å². The molecule has 1 N–H and O–H groups in total. The van der Waals surface area contributed by atoms with Crippen LogP contribution in [0.2, 0.25) is 0 Å². The summed E-state index contributed by atoms with van der Waals surface area (Å²) < 4.78 is 13.5. The van der Waals surface area contributed by atoms with E-state index in [9.17, 15) is 4.79 Å². The van der Waals surface area contributed by atoms with Crippen molar-refractivity contribution in [2.24, 2.45) is 5.10 Å². The number of hydrogen-bond donors (Lipinski definition) is 1. The smallest absolute Gasteiger partial charge is 0.275 e. The van der Waals surface area contributed by atoms with Crippen LogP contribution in [0.4, 0.5) is 0 Å². The summed E-state index contributed by atoms with van der Waals surface area (Å²) >= 11 is 4.52. The van der Waals surface area contributed by atoms with Crippen molar-refractivity contribution in [3.05, 3.63) is 103 Å². The summed E-state index contributed by atoms with van der Waals surface area (Å²) in [6.07, 6.45) is 1.61. The normalized spacial score (nSPS) is 11.0. The summed E-state index contributed by atoms with van der Waals surface area (Å²) in [5, 5.41) is 6.09. The van der Waals surface area contributed by atoms with Crippen molar-refractivity contribution in [3.63, 3.8) is 0 Å². The van der Waals surface area contributed by atoms with Crippen LogP contribution in [0.25, 0.3) is 10.8 Å². The van der Waals surface area contributed by atoms with E-state index < -0.39 is 0 Å². The SMILES string of the molecule is COc1cc2ccccc2cc1C(=O)N/N=C\c1ccc(OCc2ccc(I)cc2)c(I)c1. The third-order valence-electron chi connectivity index (χ3n) is 4.96. The third-order valence-corrected chi connectivity index (χ3v) is 6.52. The average Bonchev–Trinajstić information content (AvgIpc) is 2.83. The zero-order valence-corrected chi connectivity index (χ0v) is 22.0. The van der Waals surface area contributed by atoms with Gasteiger partial charge in [-0.05, 0) is 110 Å². The van der Waals surface area contributed by atoms with Crippen molar-refractivity contribution in [1.29, 1.82) is 0 Å². The summed E-state index contributed by atoms with van der Waals surface area (Å²) in [5.41, 5.74) is 4.99. The second-order valence-electron chi connectivity index (χ2n) is 7.20. The molecule has 4 rings (SSSR count). The molecule has 33 heavy (non-hydrogen) atoms. The van der Waals surface area contributed by atoms with Crippen LogP contribution in [0.15, 0.2) is 84.0 Å². The lowest BCUT2D eigenvalue weighted by atomic mass is 10.1. The van der Waals surface area contributed by atoms with Gasteiger partial charge in [0.15, 0.2) is 0 Å². The van der Waals surface area contributed by atoms with Crippen molar-refractivity contribution in [2.45, 2.75) is 6.61 Å². The number of fused-ring (bicyclic) bond motifs is 1. The number of amides is 1. The molecule has 0 fully saturated rings. The molecule has 0 aliphatic carbocycles. The number of methoxy groups -OCH3 is 1. The van der Waals surface area contributed by atoms with Gasteiger partial charge >= 0.3 is 0 Å². The first kappa shape index (κ1) is 23.5. The number of nitrogens with one attached hydrogen (secondary N) is 1. The van der Waals surface area contributed by atoms with E-state index in [1.54, 1.807) is 13.3 Å². The molecular weight excluding hydrogens is 642 g/mol. The van der Waals surface area contributed by atoms with E-state index in [-0.39, 0.29) is 5.91 Å². The molecule has 7 heteroatoms. The zero-order chi connectivity index (χ0) is 23.2. The van der Waals surface area contributed by atoms with Crippen LogP contribution in [0.1, 0.15) is 21.5 Å². The molecule has 0 aliphatic heterocycles. The highest BCUT2D eigenvalue weighted by Crippen LogP contribution is 2.26. The van der Waals surface area contributed by atoms with Crippen LogP contribution in [0.3, 0.4) is 0 Å². The molecule has 0 atom stereocenters. The van der Waals surface area contributed by atoms with Crippen LogP contribution < -0.4 is 14.9 Å². The number of hydrogen-bond acceptors (Lipinski definition) is 4. The van der Waals surface area contributed by atoms with Gasteiger partial charge in [0.05, 0.1) is 22.5 Å². The Hall–Kier alpha value is -2.66. The summed E-state index contributed by atoms with van der Waals surface area (Å²) in [6, 6.07) is 25.5. The predicted octanol–water partition coefficient (Wildman–Crippen LogP) is 6.40. The maximum atomic E-state index is 12.7. The molecule has 5 nitrogen and oxygen atoms in total. The quantitative estimate of drug-likeness (QED) is 0.142. The molecule has 4 aromatic rings. The monoisotopic (exact) mass is 662 g/mol. The van der Waals surface area contributed by atoms with Crippen molar-refractivity contribution in [3.8, 4) is 11.5 Å². The minimum Gasteiger partial charge on any atom is -0.496 e. The molecule has 0 aromatic heterocycles. The van der Waals surface area contributed by atoms with Crippen molar-refractivity contribution >= 4 is 68.1 Å². The Kier molecular flexibility index (Phi) is 7.81. The largest absolute Gasteiger partial charge is 0.496 e. The van der Waals surface area contributed by atoms with Gasteiger partial charge in [-0.1, -0.05) is 36.4 Å². The Morgan fingerprint density at radius 3 is 2.36 bits per heavy atom. The van der Waals surface area contributed by atoms with Gasteiger partial charge in [0, 0.05) is 3.57 Å². The number of nitrogens with zero attached hydrogens (tertiary/aromatic N) is 1. The van der Waals surface area contributed by atoms with Gasteiger partial charge in [0.1, 0.15) is 18.1 Å². The molecule has 1 amide bonds. The van der Waals surface area contributed by atoms with Gasteiger partial charge in [-0.3, -0.25) is 4.79 Å². The van der Waals surface area contributed by atoms with Gasteiger partial charge < -0.3 is 9.47 Å². The molecule has 0 heterocycles. The first-order valence-corrected chi connectivity index (χ1v) is 12.3. The molecule has 0 radical (unpaired) electrons. The van der Waals surface area contributed by atoms with E-state index in [2.05, 4.69) is 80.0 Å². The number of carbonyl (C=O) groups is 1. The lowest BCUT2D eigenvalue weighted by molar-refractivity contribution is 0.0952. The zero-order valence-electron chi connectivity index (χ0n) is 17.7. The Morgan fingerprint density at radius 2 is 1.67 bits per heavy atom. The Labute approximate surface area is 219 Å². The average molecular weight is 662 g/mol. The highest BCUT2D eigenvalue weighted by Gasteiger charge is 2.13. The van der Waals surface area contributed by atoms with Gasteiger partial charge in [-0.25, -0.2) is 5.43 Å². The van der Waals surface area contributed by atoms with Crippen LogP contribution in [-0.4, -0.2) is 19.2 Å². The second-order valence-corrected chi connectivity index (χ2v) is 9.61. The van der Waals surface area contributed by atoms with E-state index in [4.69, 9.17) is 9.47 Å². The molecular formula is C26H20I2N2O3. The summed E-state index contributed by atoms with van der Waals surface area (Å²) in [5.74, 6) is 0.975.